The number of nitrogens with one attached hydrogen (secondary N) is 1. The van der Waals surface area contributed by atoms with Crippen LogP contribution < -0.4 is 10.1 Å². The fourth-order valence-corrected chi connectivity index (χ4v) is 2.55. The number of halogens is 3. The van der Waals surface area contributed by atoms with Crippen molar-refractivity contribution in [1.82, 2.24) is 5.32 Å². The zero-order chi connectivity index (χ0) is 15.4. The maximum Gasteiger partial charge on any atom is 0.145 e. The molecule has 1 atom stereocenters. The first kappa shape index (κ1) is 15.9. The van der Waals surface area contributed by atoms with E-state index in [0.29, 0.717) is 6.61 Å². The zero-order valence-corrected chi connectivity index (χ0v) is 13.4. The second-order valence-electron chi connectivity index (χ2n) is 4.48. The van der Waals surface area contributed by atoms with Gasteiger partial charge in [-0.2, -0.15) is 0 Å². The lowest BCUT2D eigenvalue weighted by molar-refractivity contribution is 0.340. The molecule has 2 aromatic carbocycles. The second kappa shape index (κ2) is 7.00. The first-order valence-electron chi connectivity index (χ1n) is 6.61. The highest BCUT2D eigenvalue weighted by Gasteiger charge is 2.22. The zero-order valence-electron chi connectivity index (χ0n) is 11.8. The third-order valence-electron chi connectivity index (χ3n) is 3.18. The van der Waals surface area contributed by atoms with Gasteiger partial charge in [0.2, 0.25) is 0 Å². The van der Waals surface area contributed by atoms with Gasteiger partial charge in [-0.05, 0) is 59.7 Å². The van der Waals surface area contributed by atoms with Crippen LogP contribution in [0, 0.1) is 11.6 Å². The summed E-state index contributed by atoms with van der Waals surface area (Å²) in [5, 5.41) is 2.95. The summed E-state index contributed by atoms with van der Waals surface area (Å²) in [5.41, 5.74) is 0.757. The number of rotatable bonds is 5. The lowest BCUT2D eigenvalue weighted by Gasteiger charge is -2.19. The quantitative estimate of drug-likeness (QED) is 0.800. The molecule has 112 valence electrons. The smallest absolute Gasteiger partial charge is 0.145 e. The molecule has 0 aliphatic rings. The summed E-state index contributed by atoms with van der Waals surface area (Å²) in [4.78, 5) is 0. The molecule has 0 aliphatic heterocycles. The summed E-state index contributed by atoms with van der Waals surface area (Å²) >= 11 is 3.09. The Morgan fingerprint density at radius 1 is 1.14 bits per heavy atom. The van der Waals surface area contributed by atoms with Gasteiger partial charge >= 0.3 is 0 Å². The van der Waals surface area contributed by atoms with Crippen LogP contribution in [0.5, 0.6) is 5.75 Å². The molecule has 0 bridgehead atoms. The predicted molar refractivity (Wildman–Crippen MR) is 82.6 cm³/mol. The molecule has 2 nitrogen and oxygen atoms in total. The first-order chi connectivity index (χ1) is 10.1. The Balaban J connectivity index is 2.42. The van der Waals surface area contributed by atoms with Crippen LogP contribution in [0.15, 0.2) is 40.9 Å². The van der Waals surface area contributed by atoms with E-state index in [1.54, 1.807) is 31.3 Å². The molecule has 0 aromatic heterocycles. The average molecular weight is 356 g/mol. The molecular weight excluding hydrogens is 340 g/mol. The SMILES string of the molecule is CCOc1ccc(C(NC)c2c(F)ccc(Br)c2F)cc1. The largest absolute Gasteiger partial charge is 0.494 e. The van der Waals surface area contributed by atoms with E-state index in [-0.39, 0.29) is 10.0 Å². The van der Waals surface area contributed by atoms with E-state index in [0.717, 1.165) is 11.3 Å². The Labute approximate surface area is 131 Å². The molecular formula is C16H16BrF2NO. The van der Waals surface area contributed by atoms with Gasteiger partial charge < -0.3 is 10.1 Å². The van der Waals surface area contributed by atoms with Gasteiger partial charge in [-0.3, -0.25) is 0 Å². The molecule has 0 spiro atoms. The molecule has 2 rings (SSSR count). The Bertz CT molecular complexity index is 616. The van der Waals surface area contributed by atoms with E-state index in [2.05, 4.69) is 21.2 Å². The van der Waals surface area contributed by atoms with Gasteiger partial charge in [0.15, 0.2) is 0 Å². The van der Waals surface area contributed by atoms with Crippen molar-refractivity contribution in [3.05, 3.63) is 63.6 Å². The molecule has 1 N–H and O–H groups in total. The van der Waals surface area contributed by atoms with Crippen LogP contribution in [0.2, 0.25) is 0 Å². The number of benzene rings is 2. The van der Waals surface area contributed by atoms with E-state index >= 15 is 0 Å². The Morgan fingerprint density at radius 2 is 1.81 bits per heavy atom. The minimum Gasteiger partial charge on any atom is -0.494 e. The van der Waals surface area contributed by atoms with Crippen molar-refractivity contribution in [3.63, 3.8) is 0 Å². The van der Waals surface area contributed by atoms with Crippen molar-refractivity contribution in [1.29, 1.82) is 0 Å². The predicted octanol–water partition coefficient (Wildman–Crippen LogP) is 4.43. The summed E-state index contributed by atoms with van der Waals surface area (Å²) in [6.45, 7) is 2.47. The lowest BCUT2D eigenvalue weighted by Crippen LogP contribution is -2.20. The Hall–Kier alpha value is -1.46. The van der Waals surface area contributed by atoms with Crippen molar-refractivity contribution in [2.24, 2.45) is 0 Å². The van der Waals surface area contributed by atoms with Crippen LogP contribution in [-0.2, 0) is 0 Å². The molecule has 0 radical (unpaired) electrons. The van der Waals surface area contributed by atoms with Gasteiger partial charge in [0.05, 0.1) is 17.1 Å². The van der Waals surface area contributed by atoms with E-state index in [1.165, 1.54) is 12.1 Å². The molecule has 0 aliphatic carbocycles. The number of hydrogen-bond donors (Lipinski definition) is 1. The maximum absolute atomic E-state index is 14.2. The Kier molecular flexibility index (Phi) is 5.31. The fourth-order valence-electron chi connectivity index (χ4n) is 2.21. The summed E-state index contributed by atoms with van der Waals surface area (Å²) in [6.07, 6.45) is 0. The lowest BCUT2D eigenvalue weighted by atomic mass is 9.97. The molecule has 2 aromatic rings. The molecule has 5 heteroatoms. The van der Waals surface area contributed by atoms with Crippen LogP contribution >= 0.6 is 15.9 Å². The van der Waals surface area contributed by atoms with Gasteiger partial charge in [0.25, 0.3) is 0 Å². The highest BCUT2D eigenvalue weighted by atomic mass is 79.9. The summed E-state index contributed by atoms with van der Waals surface area (Å²) in [5.74, 6) is -0.446. The molecule has 0 fully saturated rings. The molecule has 21 heavy (non-hydrogen) atoms. The minimum atomic E-state index is -0.594. The molecule has 0 saturated carbocycles. The fraction of sp³-hybridized carbons (Fsp3) is 0.250. The van der Waals surface area contributed by atoms with Crippen molar-refractivity contribution in [2.45, 2.75) is 13.0 Å². The van der Waals surface area contributed by atoms with Gasteiger partial charge in [-0.25, -0.2) is 8.78 Å². The van der Waals surface area contributed by atoms with Crippen molar-refractivity contribution < 1.29 is 13.5 Å². The van der Waals surface area contributed by atoms with E-state index in [4.69, 9.17) is 4.74 Å². The summed E-state index contributed by atoms with van der Waals surface area (Å²) in [6, 6.07) is 9.21. The van der Waals surface area contributed by atoms with Gasteiger partial charge in [-0.15, -0.1) is 0 Å². The number of ether oxygens (including phenoxy) is 1. The standard InChI is InChI=1S/C16H16BrF2NO/c1-3-21-11-6-4-10(5-7-11)16(20-2)14-13(18)9-8-12(17)15(14)19/h4-9,16,20H,3H2,1-2H3. The van der Waals surface area contributed by atoms with E-state index < -0.39 is 17.7 Å². The molecule has 0 amide bonds. The maximum atomic E-state index is 14.2. The highest BCUT2D eigenvalue weighted by Crippen LogP contribution is 2.31. The number of hydrogen-bond acceptors (Lipinski definition) is 2. The topological polar surface area (TPSA) is 21.3 Å². The van der Waals surface area contributed by atoms with Crippen LogP contribution in [0.1, 0.15) is 24.1 Å². The molecule has 0 saturated heterocycles. The first-order valence-corrected chi connectivity index (χ1v) is 7.41. The van der Waals surface area contributed by atoms with Gasteiger partial charge in [-0.1, -0.05) is 12.1 Å². The van der Waals surface area contributed by atoms with Gasteiger partial charge in [0.1, 0.15) is 17.4 Å². The summed E-state index contributed by atoms with van der Waals surface area (Å²) in [7, 11) is 1.67. The van der Waals surface area contributed by atoms with Crippen molar-refractivity contribution >= 4 is 15.9 Å². The third kappa shape index (κ3) is 3.41. The van der Waals surface area contributed by atoms with Crippen LogP contribution in [0.25, 0.3) is 0 Å². The third-order valence-corrected chi connectivity index (χ3v) is 3.79. The van der Waals surface area contributed by atoms with E-state index in [9.17, 15) is 8.78 Å². The molecule has 1 unspecified atom stereocenters. The molecule has 0 heterocycles. The van der Waals surface area contributed by atoms with Crippen molar-refractivity contribution in [3.8, 4) is 5.75 Å². The monoisotopic (exact) mass is 355 g/mol. The highest BCUT2D eigenvalue weighted by molar-refractivity contribution is 9.10. The van der Waals surface area contributed by atoms with Crippen molar-refractivity contribution in [2.75, 3.05) is 13.7 Å². The Morgan fingerprint density at radius 3 is 2.38 bits per heavy atom. The van der Waals surface area contributed by atoms with Crippen LogP contribution in [-0.4, -0.2) is 13.7 Å². The second-order valence-corrected chi connectivity index (χ2v) is 5.33. The van der Waals surface area contributed by atoms with Crippen LogP contribution in [0.3, 0.4) is 0 Å². The average Bonchev–Trinajstić information content (AvgIpc) is 2.49. The summed E-state index contributed by atoms with van der Waals surface area (Å²) < 4.78 is 33.9. The normalized spacial score (nSPS) is 12.2. The van der Waals surface area contributed by atoms with Gasteiger partial charge in [0, 0.05) is 5.56 Å². The van der Waals surface area contributed by atoms with E-state index in [1.807, 2.05) is 6.92 Å². The minimum absolute atomic E-state index is 0.00367. The van der Waals surface area contributed by atoms with Crippen LogP contribution in [0.4, 0.5) is 8.78 Å².